The van der Waals surface area contributed by atoms with Crippen LogP contribution in [-0.2, 0) is 11.2 Å². The summed E-state index contributed by atoms with van der Waals surface area (Å²) in [6.45, 7) is 6.83. The highest BCUT2D eigenvalue weighted by Gasteiger charge is 2.22. The fourth-order valence-electron chi connectivity index (χ4n) is 5.27. The molecule has 2 rings (SSSR count). The van der Waals surface area contributed by atoms with Crippen LogP contribution < -0.4 is 5.73 Å². The number of allylic oxidation sites excluding steroid dienone is 4. The van der Waals surface area contributed by atoms with Crippen LogP contribution >= 0.6 is 0 Å². The standard InChI is InChI=1S/C34H51NO2/c1-5-7-11-15-28-17-21-30(22-18-28)33(35)26-25-32(6-2)37-34(36)31-23-19-29(20-24-31)16-13-10-8-9-12-14-27(3)4/h2,19-20,23-28,30H,5,7-18,21-22,35H2,1,3-4H3/b32-25+,33-26-/t28-,30-. The number of carbonyl (C=O) groups excluding carboxylic acids is 1. The van der Waals surface area contributed by atoms with Crippen LogP contribution in [0.5, 0.6) is 0 Å². The van der Waals surface area contributed by atoms with Crippen LogP contribution in [0.2, 0.25) is 0 Å². The Hall–Kier alpha value is -2.47. The fraction of sp³-hybridized carbons (Fsp3) is 0.618. The maximum atomic E-state index is 12.6. The van der Waals surface area contributed by atoms with E-state index in [0.717, 1.165) is 36.8 Å². The zero-order chi connectivity index (χ0) is 26.9. The summed E-state index contributed by atoms with van der Waals surface area (Å²) >= 11 is 0. The second kappa shape index (κ2) is 17.9. The monoisotopic (exact) mass is 505 g/mol. The number of carbonyl (C=O) groups is 1. The van der Waals surface area contributed by atoms with E-state index in [4.69, 9.17) is 16.9 Å². The smallest absolute Gasteiger partial charge is 0.344 e. The Kier molecular flexibility index (Phi) is 14.9. The Balaban J connectivity index is 1.76. The number of hydrogen-bond acceptors (Lipinski definition) is 3. The van der Waals surface area contributed by atoms with Crippen molar-refractivity contribution >= 4 is 5.97 Å². The molecule has 0 saturated heterocycles. The summed E-state index contributed by atoms with van der Waals surface area (Å²) in [4.78, 5) is 12.6. The van der Waals surface area contributed by atoms with E-state index >= 15 is 0 Å². The van der Waals surface area contributed by atoms with Gasteiger partial charge in [-0.3, -0.25) is 0 Å². The van der Waals surface area contributed by atoms with Crippen molar-refractivity contribution in [3.63, 3.8) is 0 Å². The summed E-state index contributed by atoms with van der Waals surface area (Å²) in [6, 6.07) is 7.70. The van der Waals surface area contributed by atoms with Crippen LogP contribution in [-0.4, -0.2) is 5.97 Å². The molecular weight excluding hydrogens is 454 g/mol. The van der Waals surface area contributed by atoms with Crippen LogP contribution in [0.4, 0.5) is 0 Å². The Morgan fingerprint density at radius 3 is 2.32 bits per heavy atom. The Labute approximate surface area is 227 Å². The molecule has 2 N–H and O–H groups in total. The summed E-state index contributed by atoms with van der Waals surface area (Å²) in [5.41, 5.74) is 8.97. The molecule has 1 aliphatic rings. The largest absolute Gasteiger partial charge is 0.414 e. The molecule has 0 spiro atoms. The fourth-order valence-corrected chi connectivity index (χ4v) is 5.27. The molecule has 3 nitrogen and oxygen atoms in total. The molecule has 0 aromatic heterocycles. The zero-order valence-corrected chi connectivity index (χ0v) is 23.8. The average Bonchev–Trinajstić information content (AvgIpc) is 2.91. The lowest BCUT2D eigenvalue weighted by molar-refractivity contribution is 0.0640. The zero-order valence-electron chi connectivity index (χ0n) is 23.8. The highest BCUT2D eigenvalue weighted by atomic mass is 16.5. The lowest BCUT2D eigenvalue weighted by Crippen LogP contribution is -2.20. The van der Waals surface area contributed by atoms with Crippen molar-refractivity contribution in [3.05, 3.63) is 59.0 Å². The first-order valence-corrected chi connectivity index (χ1v) is 14.9. The predicted molar refractivity (Wildman–Crippen MR) is 157 cm³/mol. The minimum Gasteiger partial charge on any atom is -0.414 e. The number of esters is 1. The minimum atomic E-state index is -0.430. The van der Waals surface area contributed by atoms with Crippen molar-refractivity contribution in [2.45, 2.75) is 117 Å². The van der Waals surface area contributed by atoms with Crippen LogP contribution in [0.3, 0.4) is 0 Å². The van der Waals surface area contributed by atoms with E-state index < -0.39 is 5.97 Å². The van der Waals surface area contributed by atoms with Gasteiger partial charge in [0, 0.05) is 5.70 Å². The lowest BCUT2D eigenvalue weighted by atomic mass is 9.78. The van der Waals surface area contributed by atoms with Gasteiger partial charge in [-0.1, -0.05) is 90.7 Å². The molecule has 0 radical (unpaired) electrons. The van der Waals surface area contributed by atoms with Gasteiger partial charge in [-0.15, -0.1) is 6.42 Å². The van der Waals surface area contributed by atoms with E-state index in [1.54, 1.807) is 6.08 Å². The molecule has 0 heterocycles. The summed E-state index contributed by atoms with van der Waals surface area (Å²) < 4.78 is 5.47. The Bertz CT molecular complexity index is 879. The molecule has 1 aliphatic carbocycles. The van der Waals surface area contributed by atoms with E-state index in [0.29, 0.717) is 11.5 Å². The second-order valence-electron chi connectivity index (χ2n) is 11.3. The molecule has 3 heteroatoms. The van der Waals surface area contributed by atoms with Gasteiger partial charge in [-0.05, 0) is 92.0 Å². The van der Waals surface area contributed by atoms with Crippen LogP contribution in [0.25, 0.3) is 0 Å². The minimum absolute atomic E-state index is 0.197. The van der Waals surface area contributed by atoms with Gasteiger partial charge in [0.1, 0.15) is 0 Å². The molecule has 0 aliphatic heterocycles. The van der Waals surface area contributed by atoms with Gasteiger partial charge in [0.05, 0.1) is 5.56 Å². The normalized spacial score (nSPS) is 18.6. The molecule has 0 amide bonds. The van der Waals surface area contributed by atoms with Gasteiger partial charge in [0.25, 0.3) is 0 Å². The quantitative estimate of drug-likeness (QED) is 0.0801. The number of benzene rings is 1. The Morgan fingerprint density at radius 1 is 1.00 bits per heavy atom. The number of unbranched alkanes of at least 4 members (excludes halogenated alkanes) is 6. The van der Waals surface area contributed by atoms with Crippen molar-refractivity contribution in [1.82, 2.24) is 0 Å². The average molecular weight is 506 g/mol. The van der Waals surface area contributed by atoms with Crippen molar-refractivity contribution in [2.75, 3.05) is 0 Å². The summed E-state index contributed by atoms with van der Waals surface area (Å²) in [5, 5.41) is 0. The molecule has 0 bridgehead atoms. The van der Waals surface area contributed by atoms with E-state index in [1.807, 2.05) is 30.3 Å². The molecule has 1 aromatic carbocycles. The number of rotatable bonds is 16. The third-order valence-electron chi connectivity index (χ3n) is 7.74. The molecule has 1 aromatic rings. The topological polar surface area (TPSA) is 52.3 Å². The van der Waals surface area contributed by atoms with Gasteiger partial charge in [0.2, 0.25) is 0 Å². The number of nitrogens with two attached hydrogens (primary N) is 1. The first-order chi connectivity index (χ1) is 17.9. The molecule has 0 unspecified atom stereocenters. The number of ether oxygens (including phenoxy) is 1. The Morgan fingerprint density at radius 2 is 1.68 bits per heavy atom. The number of hydrogen-bond donors (Lipinski definition) is 1. The number of aryl methyl sites for hydroxylation is 1. The maximum Gasteiger partial charge on any atom is 0.344 e. The molecule has 37 heavy (non-hydrogen) atoms. The number of terminal acetylenes is 1. The van der Waals surface area contributed by atoms with Gasteiger partial charge >= 0.3 is 5.97 Å². The van der Waals surface area contributed by atoms with Gasteiger partial charge in [-0.2, -0.15) is 0 Å². The van der Waals surface area contributed by atoms with Crippen LogP contribution in [0, 0.1) is 30.1 Å². The third-order valence-corrected chi connectivity index (χ3v) is 7.74. The van der Waals surface area contributed by atoms with E-state index in [1.165, 1.54) is 82.6 Å². The highest BCUT2D eigenvalue weighted by Crippen LogP contribution is 2.34. The van der Waals surface area contributed by atoms with Gasteiger partial charge in [-0.25, -0.2) is 4.79 Å². The maximum absolute atomic E-state index is 12.6. The summed E-state index contributed by atoms with van der Waals surface area (Å²) in [7, 11) is 0. The van der Waals surface area contributed by atoms with Crippen LogP contribution in [0.1, 0.15) is 127 Å². The van der Waals surface area contributed by atoms with Crippen LogP contribution in [0.15, 0.2) is 47.9 Å². The summed E-state index contributed by atoms with van der Waals surface area (Å²) in [6.07, 6.45) is 28.0. The van der Waals surface area contributed by atoms with E-state index in [9.17, 15) is 4.79 Å². The predicted octanol–water partition coefficient (Wildman–Crippen LogP) is 9.13. The van der Waals surface area contributed by atoms with Crippen molar-refractivity contribution in [2.24, 2.45) is 23.5 Å². The van der Waals surface area contributed by atoms with Gasteiger partial charge < -0.3 is 10.5 Å². The molecule has 1 fully saturated rings. The van der Waals surface area contributed by atoms with E-state index in [-0.39, 0.29) is 5.76 Å². The molecule has 1 saturated carbocycles. The first kappa shape index (κ1) is 30.8. The van der Waals surface area contributed by atoms with E-state index in [2.05, 4.69) is 26.7 Å². The van der Waals surface area contributed by atoms with Crippen molar-refractivity contribution in [3.8, 4) is 12.3 Å². The first-order valence-electron chi connectivity index (χ1n) is 14.9. The second-order valence-corrected chi connectivity index (χ2v) is 11.3. The summed E-state index contributed by atoms with van der Waals surface area (Å²) in [5.74, 6) is 4.29. The SMILES string of the molecule is C#C/C(=C\C=C(/N)[C@H]1CC[C@H](CCCCC)CC1)OC(=O)c1ccc(CCCCCCCC(C)C)cc1. The lowest BCUT2D eigenvalue weighted by Gasteiger charge is -2.28. The molecule has 204 valence electrons. The van der Waals surface area contributed by atoms with Gasteiger partial charge in [0.15, 0.2) is 5.76 Å². The third kappa shape index (κ3) is 12.6. The highest BCUT2D eigenvalue weighted by molar-refractivity contribution is 5.90. The van der Waals surface area contributed by atoms with Crippen molar-refractivity contribution in [1.29, 1.82) is 0 Å². The molecule has 0 atom stereocenters. The van der Waals surface area contributed by atoms with Crippen molar-refractivity contribution < 1.29 is 9.53 Å². The molecular formula is C34H51NO2.